The number of carbonyl (C=O) groups excluding carboxylic acids is 1. The molecule has 0 aliphatic rings. The summed E-state index contributed by atoms with van der Waals surface area (Å²) in [5.41, 5.74) is 0. The average Bonchev–Trinajstić information content (AvgIpc) is 3.16. The van der Waals surface area contributed by atoms with E-state index >= 15 is 0 Å². The van der Waals surface area contributed by atoms with E-state index in [-0.39, 0.29) is 12.5 Å². The summed E-state index contributed by atoms with van der Waals surface area (Å²) in [6.45, 7) is 4.18. The standard InChI is InChI=1S/C49H91NO3/c1-3-5-7-9-11-13-15-16-17-18-19-20-21-22-23-24-25-26-27-28-29-30-31-32-33-34-35-37-39-41-43-45-49(53)50-47(46-51)48(52)44-42-40-38-36-14-12-10-8-6-4-2/h6,8,14,22-23,36,42,44,47-48,51-52H,3-5,7,9-13,15-21,24-35,37-41,43,45-46H2,1-2H3,(H,50,53)/b8-6+,23-22-,36-14+,44-42+. The van der Waals surface area contributed by atoms with Crippen molar-refractivity contribution in [2.75, 3.05) is 6.61 Å². The Morgan fingerprint density at radius 1 is 0.453 bits per heavy atom. The minimum Gasteiger partial charge on any atom is -0.394 e. The van der Waals surface area contributed by atoms with Gasteiger partial charge in [-0.2, -0.15) is 0 Å². The average molecular weight is 742 g/mol. The normalized spacial score (nSPS) is 13.4. The van der Waals surface area contributed by atoms with Crippen LogP contribution in [0.1, 0.15) is 239 Å². The predicted molar refractivity (Wildman–Crippen MR) is 235 cm³/mol. The molecule has 4 nitrogen and oxygen atoms in total. The van der Waals surface area contributed by atoms with Crippen molar-refractivity contribution in [3.63, 3.8) is 0 Å². The van der Waals surface area contributed by atoms with Crippen LogP contribution in [0.4, 0.5) is 0 Å². The molecule has 4 heteroatoms. The van der Waals surface area contributed by atoms with Crippen molar-refractivity contribution in [2.45, 2.75) is 251 Å². The highest BCUT2D eigenvalue weighted by molar-refractivity contribution is 5.76. The van der Waals surface area contributed by atoms with Gasteiger partial charge in [0.2, 0.25) is 5.91 Å². The van der Waals surface area contributed by atoms with Crippen LogP contribution >= 0.6 is 0 Å². The van der Waals surface area contributed by atoms with E-state index in [0.29, 0.717) is 6.42 Å². The predicted octanol–water partition coefficient (Wildman–Crippen LogP) is 14.7. The molecule has 53 heavy (non-hydrogen) atoms. The molecule has 0 aromatic rings. The van der Waals surface area contributed by atoms with Crippen molar-refractivity contribution in [2.24, 2.45) is 0 Å². The lowest BCUT2D eigenvalue weighted by Gasteiger charge is -2.19. The maximum atomic E-state index is 12.3. The van der Waals surface area contributed by atoms with Crippen LogP contribution in [-0.2, 0) is 4.79 Å². The minimum atomic E-state index is -0.867. The smallest absolute Gasteiger partial charge is 0.220 e. The summed E-state index contributed by atoms with van der Waals surface area (Å²) in [4.78, 5) is 12.3. The van der Waals surface area contributed by atoms with Gasteiger partial charge in [-0.25, -0.2) is 0 Å². The van der Waals surface area contributed by atoms with E-state index in [1.165, 1.54) is 173 Å². The van der Waals surface area contributed by atoms with Gasteiger partial charge in [0.05, 0.1) is 18.8 Å². The van der Waals surface area contributed by atoms with Gasteiger partial charge in [-0.05, 0) is 64.2 Å². The first kappa shape index (κ1) is 51.4. The number of aliphatic hydroxyl groups excluding tert-OH is 2. The molecule has 1 amide bonds. The number of amides is 1. The minimum absolute atomic E-state index is 0.0795. The van der Waals surface area contributed by atoms with Crippen molar-refractivity contribution in [1.82, 2.24) is 5.32 Å². The Morgan fingerprint density at radius 3 is 1.19 bits per heavy atom. The van der Waals surface area contributed by atoms with Crippen LogP contribution in [0, 0.1) is 0 Å². The molecule has 0 aliphatic carbocycles. The number of rotatable bonds is 42. The zero-order valence-electron chi connectivity index (χ0n) is 35.5. The van der Waals surface area contributed by atoms with Gasteiger partial charge >= 0.3 is 0 Å². The second kappa shape index (κ2) is 44.7. The molecule has 310 valence electrons. The van der Waals surface area contributed by atoms with Crippen molar-refractivity contribution < 1.29 is 15.0 Å². The zero-order valence-corrected chi connectivity index (χ0v) is 35.5. The second-order valence-corrected chi connectivity index (χ2v) is 15.8. The Balaban J connectivity index is 3.44. The molecule has 2 atom stereocenters. The van der Waals surface area contributed by atoms with Gasteiger partial charge in [-0.15, -0.1) is 0 Å². The molecule has 0 bridgehead atoms. The van der Waals surface area contributed by atoms with Gasteiger partial charge in [-0.3, -0.25) is 4.79 Å². The quantitative estimate of drug-likeness (QED) is 0.0431. The monoisotopic (exact) mass is 742 g/mol. The van der Waals surface area contributed by atoms with E-state index in [0.717, 1.165) is 44.9 Å². The topological polar surface area (TPSA) is 69.6 Å². The zero-order chi connectivity index (χ0) is 38.6. The number of hydrogen-bond donors (Lipinski definition) is 3. The highest BCUT2D eigenvalue weighted by Gasteiger charge is 2.17. The Morgan fingerprint density at radius 2 is 0.792 bits per heavy atom. The number of carbonyl (C=O) groups is 1. The lowest BCUT2D eigenvalue weighted by atomic mass is 10.0. The van der Waals surface area contributed by atoms with Crippen LogP contribution in [0.15, 0.2) is 48.6 Å². The van der Waals surface area contributed by atoms with Crippen molar-refractivity contribution in [3.05, 3.63) is 48.6 Å². The van der Waals surface area contributed by atoms with Crippen LogP contribution in [0.25, 0.3) is 0 Å². The first-order valence-electron chi connectivity index (χ1n) is 23.4. The summed E-state index contributed by atoms with van der Waals surface area (Å²) in [5, 5.41) is 22.9. The van der Waals surface area contributed by atoms with Crippen LogP contribution in [0.3, 0.4) is 0 Å². The molecule has 0 spiro atoms. The van der Waals surface area contributed by atoms with Crippen molar-refractivity contribution in [3.8, 4) is 0 Å². The molecule has 0 aromatic carbocycles. The molecular formula is C49H91NO3. The number of nitrogens with one attached hydrogen (secondary N) is 1. The SMILES string of the molecule is CC/C=C/CC/C=C/CC/C=C/C(O)C(CO)NC(=O)CCCCCCCCCCCCCCCCC/C=C\CCCCCCCCCCCCCC. The highest BCUT2D eigenvalue weighted by Crippen LogP contribution is 2.15. The number of aliphatic hydroxyl groups is 2. The largest absolute Gasteiger partial charge is 0.394 e. The molecule has 0 radical (unpaired) electrons. The number of unbranched alkanes of at least 4 members (excludes halogenated alkanes) is 29. The molecule has 0 fully saturated rings. The summed E-state index contributed by atoms with van der Waals surface area (Å²) in [7, 11) is 0. The van der Waals surface area contributed by atoms with E-state index in [1.54, 1.807) is 6.08 Å². The summed E-state index contributed by atoms with van der Waals surface area (Å²) < 4.78 is 0. The molecule has 0 aliphatic heterocycles. The van der Waals surface area contributed by atoms with E-state index in [9.17, 15) is 15.0 Å². The Bertz CT molecular complexity index is 847. The van der Waals surface area contributed by atoms with E-state index in [2.05, 4.69) is 55.6 Å². The summed E-state index contributed by atoms with van der Waals surface area (Å²) in [6, 6.07) is -0.643. The molecular weight excluding hydrogens is 651 g/mol. The lowest BCUT2D eigenvalue weighted by Crippen LogP contribution is -2.45. The first-order chi connectivity index (χ1) is 26.2. The molecule has 3 N–H and O–H groups in total. The van der Waals surface area contributed by atoms with Crippen molar-refractivity contribution in [1.29, 1.82) is 0 Å². The van der Waals surface area contributed by atoms with Crippen LogP contribution in [0.2, 0.25) is 0 Å². The van der Waals surface area contributed by atoms with Crippen LogP contribution in [-0.4, -0.2) is 34.9 Å². The molecule has 0 saturated carbocycles. The fourth-order valence-corrected chi connectivity index (χ4v) is 6.98. The first-order valence-corrected chi connectivity index (χ1v) is 23.4. The maximum absolute atomic E-state index is 12.3. The second-order valence-electron chi connectivity index (χ2n) is 15.8. The van der Waals surface area contributed by atoms with Gasteiger partial charge in [0.25, 0.3) is 0 Å². The summed E-state index contributed by atoms with van der Waals surface area (Å²) in [6.07, 6.45) is 61.2. The summed E-state index contributed by atoms with van der Waals surface area (Å²) in [5.74, 6) is -0.0795. The van der Waals surface area contributed by atoms with E-state index < -0.39 is 12.1 Å². The van der Waals surface area contributed by atoms with Gasteiger partial charge in [0.15, 0.2) is 0 Å². The van der Waals surface area contributed by atoms with E-state index in [1.807, 2.05) is 6.08 Å². The molecule has 0 rings (SSSR count). The fourth-order valence-electron chi connectivity index (χ4n) is 6.98. The van der Waals surface area contributed by atoms with Gasteiger partial charge in [-0.1, -0.05) is 217 Å². The lowest BCUT2D eigenvalue weighted by molar-refractivity contribution is -0.123. The third-order valence-corrected chi connectivity index (χ3v) is 10.5. The van der Waals surface area contributed by atoms with Gasteiger partial charge in [0.1, 0.15) is 0 Å². The Kier molecular flexibility index (Phi) is 43.4. The molecule has 0 aromatic heterocycles. The van der Waals surface area contributed by atoms with Gasteiger partial charge < -0.3 is 15.5 Å². The third kappa shape index (κ3) is 41.4. The Hall–Kier alpha value is -1.65. The van der Waals surface area contributed by atoms with Gasteiger partial charge in [0, 0.05) is 6.42 Å². The number of hydrogen-bond acceptors (Lipinski definition) is 3. The van der Waals surface area contributed by atoms with E-state index in [4.69, 9.17) is 0 Å². The molecule has 2 unspecified atom stereocenters. The Labute approximate surface area is 331 Å². The van der Waals surface area contributed by atoms with Crippen molar-refractivity contribution >= 4 is 5.91 Å². The fraction of sp³-hybridized carbons (Fsp3) is 0.816. The third-order valence-electron chi connectivity index (χ3n) is 10.5. The highest BCUT2D eigenvalue weighted by atomic mass is 16.3. The van der Waals surface area contributed by atoms with Crippen LogP contribution in [0.5, 0.6) is 0 Å². The maximum Gasteiger partial charge on any atom is 0.220 e. The molecule has 0 heterocycles. The molecule has 0 saturated heterocycles. The van der Waals surface area contributed by atoms with Crippen LogP contribution < -0.4 is 5.32 Å². The summed E-state index contributed by atoms with van der Waals surface area (Å²) >= 11 is 0. The number of allylic oxidation sites excluding steroid dienone is 7.